The number of fused-ring (bicyclic) bond motifs is 1. The predicted octanol–water partition coefficient (Wildman–Crippen LogP) is 4.85. The molecule has 3 aromatic carbocycles. The molecule has 210 valence electrons. The summed E-state index contributed by atoms with van der Waals surface area (Å²) in [6.07, 6.45) is 1.74. The van der Waals surface area contributed by atoms with Gasteiger partial charge in [0.05, 0.1) is 0 Å². The minimum atomic E-state index is -0.361. The smallest absolute Gasteiger partial charge is 0.253 e. The van der Waals surface area contributed by atoms with Crippen LogP contribution in [-0.4, -0.2) is 56.3 Å². The lowest BCUT2D eigenvalue weighted by molar-refractivity contribution is 0.199. The van der Waals surface area contributed by atoms with Gasteiger partial charge in [0, 0.05) is 49.5 Å². The molecule has 1 unspecified atom stereocenters. The monoisotopic (exact) mass is 547 g/mol. The molecule has 0 radical (unpaired) electrons. The normalized spacial score (nSPS) is 15.0. The third-order valence-corrected chi connectivity index (χ3v) is 8.28. The molecule has 1 aliphatic heterocycles. The number of anilines is 1. The summed E-state index contributed by atoms with van der Waals surface area (Å²) in [7, 11) is 0. The van der Waals surface area contributed by atoms with E-state index < -0.39 is 0 Å². The van der Waals surface area contributed by atoms with Crippen molar-refractivity contribution in [3.63, 3.8) is 0 Å². The molecule has 2 aromatic heterocycles. The average Bonchev–Trinajstić information content (AvgIpc) is 3.46. The van der Waals surface area contributed by atoms with Gasteiger partial charge in [-0.05, 0) is 89.0 Å². The van der Waals surface area contributed by atoms with Gasteiger partial charge >= 0.3 is 0 Å². The third-order valence-electron chi connectivity index (χ3n) is 8.28. The van der Waals surface area contributed by atoms with Crippen molar-refractivity contribution >= 4 is 16.6 Å². The second-order valence-corrected chi connectivity index (χ2v) is 11.0. The van der Waals surface area contributed by atoms with Gasteiger partial charge in [0.1, 0.15) is 6.04 Å². The fraction of sp³-hybridized carbons (Fsp3) is 0.333. The van der Waals surface area contributed by atoms with Gasteiger partial charge in [0.15, 0.2) is 5.82 Å². The van der Waals surface area contributed by atoms with Gasteiger partial charge in [-0.15, -0.1) is 5.10 Å². The standard InChI is InChI=1S/C33H37N7O/c1-4-25-12-13-29-27(21-25)22-28(33(41)34-29)31(32-35-36-37-40(32)15-14-26-8-6-5-7-9-26)39-18-16-38(17-19-39)30-20-23(2)10-11-24(30)3/h5-13,20-22,31H,4,14-19H2,1-3H3,(H,34,41). The number of H-pyrrole nitrogens is 1. The van der Waals surface area contributed by atoms with E-state index in [1.165, 1.54) is 27.9 Å². The molecule has 1 saturated heterocycles. The molecule has 0 spiro atoms. The topological polar surface area (TPSA) is 82.9 Å². The molecule has 41 heavy (non-hydrogen) atoms. The number of nitrogens with one attached hydrogen (secondary N) is 1. The summed E-state index contributed by atoms with van der Waals surface area (Å²) < 4.78 is 1.88. The number of tetrazole rings is 1. The summed E-state index contributed by atoms with van der Waals surface area (Å²) in [4.78, 5) is 21.6. The van der Waals surface area contributed by atoms with Crippen LogP contribution in [-0.2, 0) is 19.4 Å². The summed E-state index contributed by atoms with van der Waals surface area (Å²) in [5.74, 6) is 0.706. The van der Waals surface area contributed by atoms with Crippen molar-refractivity contribution in [3.8, 4) is 0 Å². The molecule has 1 fully saturated rings. The maximum Gasteiger partial charge on any atom is 0.253 e. The maximum atomic E-state index is 13.7. The molecule has 0 aliphatic carbocycles. The number of aromatic amines is 1. The van der Waals surface area contributed by atoms with Crippen molar-refractivity contribution in [2.75, 3.05) is 31.1 Å². The van der Waals surface area contributed by atoms with E-state index in [9.17, 15) is 4.79 Å². The van der Waals surface area contributed by atoms with Crippen LogP contribution in [0, 0.1) is 13.8 Å². The van der Waals surface area contributed by atoms with E-state index in [1.807, 2.05) is 35.0 Å². The zero-order valence-corrected chi connectivity index (χ0v) is 24.0. The van der Waals surface area contributed by atoms with Gasteiger partial charge in [0.2, 0.25) is 0 Å². The van der Waals surface area contributed by atoms with Crippen LogP contribution in [0.2, 0.25) is 0 Å². The van der Waals surface area contributed by atoms with E-state index in [0.717, 1.165) is 49.9 Å². The van der Waals surface area contributed by atoms with E-state index in [1.54, 1.807) is 0 Å². The molecular formula is C33H37N7O. The lowest BCUT2D eigenvalue weighted by Gasteiger charge is -2.40. The van der Waals surface area contributed by atoms with Crippen molar-refractivity contribution in [2.45, 2.75) is 46.2 Å². The van der Waals surface area contributed by atoms with Crippen LogP contribution in [0.4, 0.5) is 5.69 Å². The summed E-state index contributed by atoms with van der Waals surface area (Å²) >= 11 is 0. The number of nitrogens with zero attached hydrogens (tertiary/aromatic N) is 6. The first kappa shape index (κ1) is 26.9. The number of aryl methyl sites for hydroxylation is 5. The van der Waals surface area contributed by atoms with E-state index in [4.69, 9.17) is 0 Å². The number of pyridine rings is 1. The molecule has 3 heterocycles. The van der Waals surface area contributed by atoms with Crippen LogP contribution in [0.25, 0.3) is 10.9 Å². The zero-order valence-electron chi connectivity index (χ0n) is 24.0. The highest BCUT2D eigenvalue weighted by Crippen LogP contribution is 2.30. The largest absolute Gasteiger partial charge is 0.369 e. The fourth-order valence-electron chi connectivity index (χ4n) is 5.92. The summed E-state index contributed by atoms with van der Waals surface area (Å²) in [5.41, 5.74) is 7.72. The number of hydrogen-bond acceptors (Lipinski definition) is 6. The van der Waals surface area contributed by atoms with Gasteiger partial charge in [0.25, 0.3) is 5.56 Å². The summed E-state index contributed by atoms with van der Waals surface area (Å²) in [6, 6.07) is 24.9. The molecule has 1 atom stereocenters. The first-order valence-corrected chi connectivity index (χ1v) is 14.5. The van der Waals surface area contributed by atoms with Crippen LogP contribution in [0.15, 0.2) is 77.6 Å². The van der Waals surface area contributed by atoms with Crippen LogP contribution >= 0.6 is 0 Å². The van der Waals surface area contributed by atoms with Crippen molar-refractivity contribution in [1.29, 1.82) is 0 Å². The highest BCUT2D eigenvalue weighted by atomic mass is 16.1. The van der Waals surface area contributed by atoms with E-state index in [2.05, 4.69) is 93.5 Å². The number of piperazine rings is 1. The Kier molecular flexibility index (Phi) is 7.65. The Hall–Kier alpha value is -4.30. The molecule has 1 N–H and O–H groups in total. The van der Waals surface area contributed by atoms with Gasteiger partial charge in [-0.3, -0.25) is 9.69 Å². The van der Waals surface area contributed by atoms with E-state index >= 15 is 0 Å². The van der Waals surface area contributed by atoms with Gasteiger partial charge < -0.3 is 9.88 Å². The molecule has 1 aliphatic rings. The fourth-order valence-corrected chi connectivity index (χ4v) is 5.92. The van der Waals surface area contributed by atoms with Crippen molar-refractivity contribution in [2.24, 2.45) is 0 Å². The highest BCUT2D eigenvalue weighted by molar-refractivity contribution is 5.80. The molecule has 0 saturated carbocycles. The minimum Gasteiger partial charge on any atom is -0.369 e. The Morgan fingerprint density at radius 1 is 0.902 bits per heavy atom. The third kappa shape index (κ3) is 5.65. The Labute approximate surface area is 240 Å². The van der Waals surface area contributed by atoms with Crippen molar-refractivity contribution in [3.05, 3.63) is 117 Å². The Bertz CT molecular complexity index is 1700. The average molecular weight is 548 g/mol. The van der Waals surface area contributed by atoms with Crippen molar-refractivity contribution in [1.82, 2.24) is 30.1 Å². The molecule has 0 bridgehead atoms. The zero-order chi connectivity index (χ0) is 28.3. The van der Waals surface area contributed by atoms with Gasteiger partial charge in [-0.25, -0.2) is 4.68 Å². The lowest BCUT2D eigenvalue weighted by Crippen LogP contribution is -2.49. The first-order chi connectivity index (χ1) is 20.0. The quantitative estimate of drug-likeness (QED) is 0.299. The van der Waals surface area contributed by atoms with Crippen LogP contribution in [0.1, 0.15) is 46.6 Å². The molecule has 5 aromatic rings. The number of hydrogen-bond donors (Lipinski definition) is 1. The van der Waals surface area contributed by atoms with Crippen molar-refractivity contribution < 1.29 is 0 Å². The van der Waals surface area contributed by atoms with Gasteiger partial charge in [-0.1, -0.05) is 55.5 Å². The van der Waals surface area contributed by atoms with Crippen LogP contribution in [0.5, 0.6) is 0 Å². The Morgan fingerprint density at radius 2 is 1.71 bits per heavy atom. The highest BCUT2D eigenvalue weighted by Gasteiger charge is 2.33. The number of rotatable bonds is 8. The first-order valence-electron chi connectivity index (χ1n) is 14.5. The SMILES string of the molecule is CCc1ccc2[nH]c(=O)c(C(c3nnnn3CCc3ccccc3)N3CCN(c4cc(C)ccc4C)CC3)cc2c1. The van der Waals surface area contributed by atoms with Crippen LogP contribution in [0.3, 0.4) is 0 Å². The Balaban J connectivity index is 1.36. The minimum absolute atomic E-state index is 0.0960. The summed E-state index contributed by atoms with van der Waals surface area (Å²) in [6.45, 7) is 10.4. The molecule has 8 heteroatoms. The maximum absolute atomic E-state index is 13.7. The second-order valence-electron chi connectivity index (χ2n) is 11.0. The van der Waals surface area contributed by atoms with Crippen LogP contribution < -0.4 is 10.5 Å². The lowest BCUT2D eigenvalue weighted by atomic mass is 10.0. The van der Waals surface area contributed by atoms with E-state index in [-0.39, 0.29) is 11.6 Å². The predicted molar refractivity (Wildman–Crippen MR) is 163 cm³/mol. The summed E-state index contributed by atoms with van der Waals surface area (Å²) in [5, 5.41) is 14.0. The number of benzene rings is 3. The van der Waals surface area contributed by atoms with E-state index in [0.29, 0.717) is 17.9 Å². The Morgan fingerprint density at radius 3 is 2.49 bits per heavy atom. The van der Waals surface area contributed by atoms with Gasteiger partial charge in [-0.2, -0.15) is 0 Å². The molecule has 6 rings (SSSR count). The molecule has 8 nitrogen and oxygen atoms in total. The number of aromatic nitrogens is 5. The second kappa shape index (κ2) is 11.7. The molecule has 0 amide bonds. The molecular weight excluding hydrogens is 510 g/mol.